The van der Waals surface area contributed by atoms with Gasteiger partial charge in [-0.05, 0) is 84.9 Å². The van der Waals surface area contributed by atoms with Crippen LogP contribution in [-0.4, -0.2) is 24.0 Å². The molecule has 0 aliphatic carbocycles. The third kappa shape index (κ3) is 7.29. The Hall–Kier alpha value is -3.98. The van der Waals surface area contributed by atoms with Gasteiger partial charge in [0.25, 0.3) is 11.8 Å². The number of ether oxygens (including phenoxy) is 1. The van der Waals surface area contributed by atoms with Gasteiger partial charge in [-0.3, -0.25) is 9.59 Å². The summed E-state index contributed by atoms with van der Waals surface area (Å²) < 4.78 is 6.23. The average Bonchev–Trinajstić information content (AvgIpc) is 2.91. The number of hydrogen-bond acceptors (Lipinski definition) is 5. The van der Waals surface area contributed by atoms with Gasteiger partial charge in [0, 0.05) is 36.9 Å². The zero-order valence-corrected chi connectivity index (χ0v) is 22.5. The summed E-state index contributed by atoms with van der Waals surface area (Å²) in [6.07, 6.45) is 1.36. The lowest BCUT2D eigenvalue weighted by molar-refractivity contribution is 0.0734. The van der Waals surface area contributed by atoms with E-state index in [-0.39, 0.29) is 17.2 Å². The summed E-state index contributed by atoms with van der Waals surface area (Å²) in [5.74, 6) is -1.16. The third-order valence-corrected chi connectivity index (χ3v) is 6.11. The number of amides is 2. The molecule has 38 heavy (non-hydrogen) atoms. The molecule has 0 aromatic heterocycles. The van der Waals surface area contributed by atoms with Crippen molar-refractivity contribution in [1.82, 2.24) is 5.43 Å². The molecule has 0 heterocycles. The van der Waals surface area contributed by atoms with E-state index in [1.54, 1.807) is 84.9 Å². The SMILES string of the molecule is O=C(NN=Cc1cc(Br)ccc1OC(=O)c1ccc(Cl)cc1)c1cccc(NC(=O)c2ccc(Cl)cc2)c1. The summed E-state index contributed by atoms with van der Waals surface area (Å²) in [6, 6.07) is 24.2. The van der Waals surface area contributed by atoms with Crippen LogP contribution in [0.4, 0.5) is 5.69 Å². The maximum Gasteiger partial charge on any atom is 0.343 e. The predicted molar refractivity (Wildman–Crippen MR) is 151 cm³/mol. The van der Waals surface area contributed by atoms with Gasteiger partial charge in [0.15, 0.2) is 0 Å². The number of hydrogen-bond donors (Lipinski definition) is 2. The van der Waals surface area contributed by atoms with Crippen LogP contribution in [-0.2, 0) is 0 Å². The minimum atomic E-state index is -0.569. The third-order valence-electron chi connectivity index (χ3n) is 5.11. The molecule has 4 aromatic carbocycles. The number of rotatable bonds is 7. The molecular formula is C28H18BrCl2N3O4. The Morgan fingerprint density at radius 3 is 2.11 bits per heavy atom. The smallest absolute Gasteiger partial charge is 0.343 e. The minimum absolute atomic E-state index is 0.248. The first kappa shape index (κ1) is 27.1. The highest BCUT2D eigenvalue weighted by atomic mass is 79.9. The largest absolute Gasteiger partial charge is 0.422 e. The van der Waals surface area contributed by atoms with Crippen LogP contribution in [0.5, 0.6) is 5.75 Å². The van der Waals surface area contributed by atoms with Crippen molar-refractivity contribution in [2.75, 3.05) is 5.32 Å². The van der Waals surface area contributed by atoms with Crippen LogP contribution in [0.25, 0.3) is 0 Å². The fourth-order valence-corrected chi connectivity index (χ4v) is 3.86. The molecule has 0 fully saturated rings. The molecule has 0 aliphatic rings. The van der Waals surface area contributed by atoms with Gasteiger partial charge in [0.1, 0.15) is 5.75 Å². The zero-order valence-electron chi connectivity index (χ0n) is 19.5. The van der Waals surface area contributed by atoms with Crippen molar-refractivity contribution in [3.63, 3.8) is 0 Å². The van der Waals surface area contributed by atoms with Crippen molar-refractivity contribution < 1.29 is 19.1 Å². The van der Waals surface area contributed by atoms with Crippen LogP contribution in [0, 0.1) is 0 Å². The van der Waals surface area contributed by atoms with Crippen LogP contribution in [0.1, 0.15) is 36.6 Å². The van der Waals surface area contributed by atoms with Gasteiger partial charge in [-0.1, -0.05) is 45.2 Å². The molecule has 2 amide bonds. The fourth-order valence-electron chi connectivity index (χ4n) is 3.23. The number of benzene rings is 4. The quantitative estimate of drug-likeness (QED) is 0.102. The number of halogens is 3. The topological polar surface area (TPSA) is 96.9 Å². The monoisotopic (exact) mass is 609 g/mol. The average molecular weight is 611 g/mol. The van der Waals surface area contributed by atoms with E-state index >= 15 is 0 Å². The Bertz CT molecular complexity index is 1520. The highest BCUT2D eigenvalue weighted by Crippen LogP contribution is 2.23. The lowest BCUT2D eigenvalue weighted by Gasteiger charge is -2.09. The first-order valence-corrected chi connectivity index (χ1v) is 12.6. The Labute approximate surface area is 236 Å². The molecule has 0 saturated heterocycles. The van der Waals surface area contributed by atoms with Crippen molar-refractivity contribution in [3.8, 4) is 5.75 Å². The van der Waals surface area contributed by atoms with Gasteiger partial charge in [-0.25, -0.2) is 10.2 Å². The highest BCUT2D eigenvalue weighted by molar-refractivity contribution is 9.10. The van der Waals surface area contributed by atoms with E-state index in [1.165, 1.54) is 12.3 Å². The lowest BCUT2D eigenvalue weighted by Crippen LogP contribution is -2.18. The highest BCUT2D eigenvalue weighted by Gasteiger charge is 2.13. The molecule has 2 N–H and O–H groups in total. The normalized spacial score (nSPS) is 10.7. The second-order valence-corrected chi connectivity index (χ2v) is 9.61. The van der Waals surface area contributed by atoms with Gasteiger partial charge >= 0.3 is 5.97 Å². The number of nitrogens with one attached hydrogen (secondary N) is 2. The molecule has 7 nitrogen and oxygen atoms in total. The second-order valence-electron chi connectivity index (χ2n) is 7.82. The second kappa shape index (κ2) is 12.5. The molecule has 0 saturated carbocycles. The summed E-state index contributed by atoms with van der Waals surface area (Å²) >= 11 is 15.1. The van der Waals surface area contributed by atoms with Gasteiger partial charge in [0.05, 0.1) is 11.8 Å². The van der Waals surface area contributed by atoms with E-state index in [4.69, 9.17) is 27.9 Å². The molecule has 190 valence electrons. The van der Waals surface area contributed by atoms with Crippen LogP contribution >= 0.6 is 39.1 Å². The molecule has 0 bridgehead atoms. The van der Waals surface area contributed by atoms with E-state index in [2.05, 4.69) is 31.8 Å². The van der Waals surface area contributed by atoms with Crippen LogP contribution in [0.3, 0.4) is 0 Å². The van der Waals surface area contributed by atoms with Gasteiger partial charge < -0.3 is 10.1 Å². The Morgan fingerprint density at radius 2 is 1.42 bits per heavy atom. The molecule has 4 rings (SSSR count). The first-order valence-electron chi connectivity index (χ1n) is 11.1. The van der Waals surface area contributed by atoms with Crippen molar-refractivity contribution in [2.24, 2.45) is 5.10 Å². The number of carbonyl (C=O) groups is 3. The van der Waals surface area contributed by atoms with Gasteiger partial charge in [-0.2, -0.15) is 5.10 Å². The summed E-state index contributed by atoms with van der Waals surface area (Å²) in [6.45, 7) is 0. The van der Waals surface area contributed by atoms with Crippen LogP contribution in [0.2, 0.25) is 10.0 Å². The van der Waals surface area contributed by atoms with Gasteiger partial charge in [-0.15, -0.1) is 0 Å². The molecule has 0 spiro atoms. The lowest BCUT2D eigenvalue weighted by atomic mass is 10.1. The number of carbonyl (C=O) groups excluding carboxylic acids is 3. The van der Waals surface area contributed by atoms with E-state index in [9.17, 15) is 14.4 Å². The van der Waals surface area contributed by atoms with E-state index in [0.29, 0.717) is 32.4 Å². The molecule has 4 aromatic rings. The number of esters is 1. The van der Waals surface area contributed by atoms with E-state index < -0.39 is 11.9 Å². The number of hydrazone groups is 1. The summed E-state index contributed by atoms with van der Waals surface area (Å²) in [7, 11) is 0. The molecule has 0 radical (unpaired) electrons. The van der Waals surface area contributed by atoms with Crippen molar-refractivity contribution in [3.05, 3.63) is 128 Å². The maximum absolute atomic E-state index is 12.7. The Kier molecular flexibility index (Phi) is 8.91. The van der Waals surface area contributed by atoms with Crippen LogP contribution in [0.15, 0.2) is 101 Å². The van der Waals surface area contributed by atoms with Crippen molar-refractivity contribution in [2.45, 2.75) is 0 Å². The van der Waals surface area contributed by atoms with Crippen molar-refractivity contribution >= 4 is 68.8 Å². The summed E-state index contributed by atoms with van der Waals surface area (Å²) in [4.78, 5) is 37.6. The van der Waals surface area contributed by atoms with Gasteiger partial charge in [0.2, 0.25) is 0 Å². The maximum atomic E-state index is 12.7. The van der Waals surface area contributed by atoms with Crippen LogP contribution < -0.4 is 15.5 Å². The summed E-state index contributed by atoms with van der Waals surface area (Å²) in [5, 5.41) is 7.77. The number of nitrogens with zero attached hydrogens (tertiary/aromatic N) is 1. The van der Waals surface area contributed by atoms with E-state index in [1.807, 2.05) is 0 Å². The fraction of sp³-hybridized carbons (Fsp3) is 0. The molecule has 10 heteroatoms. The standard InChI is InChI=1S/C28H18BrCl2N3O4/c29-21-8-13-25(38-28(37)18-6-11-23(31)12-7-18)20(14-21)16-32-34-27(36)19-2-1-3-24(15-19)33-26(35)17-4-9-22(30)10-5-17/h1-16H,(H,33,35)(H,34,36). The summed E-state index contributed by atoms with van der Waals surface area (Å²) in [5.41, 5.74) is 4.36. The Morgan fingerprint density at radius 1 is 0.763 bits per heavy atom. The van der Waals surface area contributed by atoms with Crippen molar-refractivity contribution in [1.29, 1.82) is 0 Å². The minimum Gasteiger partial charge on any atom is -0.422 e. The predicted octanol–water partition coefficient (Wildman–Crippen LogP) is 6.99. The first-order chi connectivity index (χ1) is 18.3. The Balaban J connectivity index is 1.42. The number of anilines is 1. The molecular weight excluding hydrogens is 593 g/mol. The van der Waals surface area contributed by atoms with E-state index in [0.717, 1.165) is 4.47 Å². The zero-order chi connectivity index (χ0) is 27.1. The molecule has 0 aliphatic heterocycles. The molecule has 0 atom stereocenters. The molecule has 0 unspecified atom stereocenters.